The molecule has 3 heterocycles. The fourth-order valence-electron chi connectivity index (χ4n) is 4.82. The summed E-state index contributed by atoms with van der Waals surface area (Å²) in [4.78, 5) is 12.7. The van der Waals surface area contributed by atoms with E-state index in [2.05, 4.69) is 0 Å². The molecule has 8 atom stereocenters. The Labute approximate surface area is 208 Å². The fourth-order valence-corrected chi connectivity index (χ4v) is 4.82. The highest BCUT2D eigenvalue weighted by Gasteiger charge is 2.45. The van der Waals surface area contributed by atoms with Crippen molar-refractivity contribution in [3.63, 3.8) is 0 Å². The molecular formula is C25H33NO10. The summed E-state index contributed by atoms with van der Waals surface area (Å²) in [5, 5.41) is 51.5. The first-order chi connectivity index (χ1) is 17.2. The smallest absolute Gasteiger partial charge is 0.292 e. The molecule has 5 N–H and O–H groups in total. The van der Waals surface area contributed by atoms with Crippen LogP contribution in [0.1, 0.15) is 38.4 Å². The molecular weight excluding hydrogens is 474 g/mol. The van der Waals surface area contributed by atoms with Gasteiger partial charge in [0.15, 0.2) is 0 Å². The number of pyridine rings is 1. The number of rotatable bonds is 6. The lowest BCUT2D eigenvalue weighted by Crippen LogP contribution is -2.60. The van der Waals surface area contributed by atoms with Crippen molar-refractivity contribution in [2.24, 2.45) is 5.92 Å². The molecule has 2 aromatic rings. The molecule has 1 aromatic carbocycles. The van der Waals surface area contributed by atoms with E-state index < -0.39 is 49.0 Å². The summed E-state index contributed by atoms with van der Waals surface area (Å²) in [6.45, 7) is 3.40. The van der Waals surface area contributed by atoms with E-state index >= 15 is 0 Å². The minimum absolute atomic E-state index is 0.00448. The van der Waals surface area contributed by atoms with E-state index in [1.165, 1.54) is 7.11 Å². The molecule has 2 aliphatic heterocycles. The SMILES string of the molecule is CO[C@H]1C(CO)O[C@H](Oc2ccc(-c3cn(O)c(=O)c(C4OC(C)CCC4C)c3O)cc2)C(O)[C@H]1O. The van der Waals surface area contributed by atoms with E-state index in [9.17, 15) is 30.4 Å². The third-order valence-electron chi connectivity index (χ3n) is 6.92. The van der Waals surface area contributed by atoms with Crippen LogP contribution in [0.25, 0.3) is 11.1 Å². The van der Waals surface area contributed by atoms with Crippen LogP contribution >= 0.6 is 0 Å². The maximum Gasteiger partial charge on any atom is 0.292 e. The first-order valence-corrected chi connectivity index (χ1v) is 11.9. The average Bonchev–Trinajstić information content (AvgIpc) is 2.87. The predicted molar refractivity (Wildman–Crippen MR) is 126 cm³/mol. The van der Waals surface area contributed by atoms with E-state index in [-0.39, 0.29) is 34.6 Å². The molecule has 0 radical (unpaired) electrons. The Morgan fingerprint density at radius 3 is 2.42 bits per heavy atom. The molecule has 11 nitrogen and oxygen atoms in total. The summed E-state index contributed by atoms with van der Waals surface area (Å²) in [5.41, 5.74) is -0.0275. The maximum atomic E-state index is 12.7. The van der Waals surface area contributed by atoms with Crippen molar-refractivity contribution in [2.75, 3.05) is 13.7 Å². The minimum atomic E-state index is -1.43. The monoisotopic (exact) mass is 507 g/mol. The Morgan fingerprint density at radius 1 is 1.08 bits per heavy atom. The maximum absolute atomic E-state index is 12.7. The van der Waals surface area contributed by atoms with Gasteiger partial charge < -0.3 is 44.6 Å². The number of hydrogen-bond acceptors (Lipinski definition) is 10. The fraction of sp³-hybridized carbons (Fsp3) is 0.560. The van der Waals surface area contributed by atoms with E-state index in [1.807, 2.05) is 13.8 Å². The van der Waals surface area contributed by atoms with Gasteiger partial charge >= 0.3 is 0 Å². The van der Waals surface area contributed by atoms with Crippen molar-refractivity contribution in [3.05, 3.63) is 46.4 Å². The summed E-state index contributed by atoms with van der Waals surface area (Å²) in [7, 11) is 1.34. The molecule has 2 aliphatic rings. The second-order valence-corrected chi connectivity index (χ2v) is 9.43. The number of hydrogen-bond donors (Lipinski definition) is 5. The van der Waals surface area contributed by atoms with Crippen LogP contribution in [-0.2, 0) is 14.2 Å². The van der Waals surface area contributed by atoms with Gasteiger partial charge in [0.2, 0.25) is 6.29 Å². The van der Waals surface area contributed by atoms with Gasteiger partial charge in [0, 0.05) is 12.7 Å². The van der Waals surface area contributed by atoms with Gasteiger partial charge in [-0.05, 0) is 43.4 Å². The van der Waals surface area contributed by atoms with Crippen LogP contribution in [-0.4, -0.2) is 80.9 Å². The molecule has 1 aromatic heterocycles. The lowest BCUT2D eigenvalue weighted by Gasteiger charge is -2.41. The molecule has 0 spiro atoms. The van der Waals surface area contributed by atoms with Gasteiger partial charge in [0.25, 0.3) is 5.56 Å². The molecule has 36 heavy (non-hydrogen) atoms. The van der Waals surface area contributed by atoms with Crippen molar-refractivity contribution in [1.29, 1.82) is 0 Å². The Kier molecular flexibility index (Phi) is 7.88. The Bertz CT molecular complexity index is 1100. The van der Waals surface area contributed by atoms with Gasteiger partial charge in [-0.1, -0.05) is 19.1 Å². The summed E-state index contributed by atoms with van der Waals surface area (Å²) in [6.07, 6.45) is -3.79. The highest BCUT2D eigenvalue weighted by molar-refractivity contribution is 5.71. The minimum Gasteiger partial charge on any atom is -0.507 e. The summed E-state index contributed by atoms with van der Waals surface area (Å²) in [5.74, 6) is -0.0170. The van der Waals surface area contributed by atoms with Crippen LogP contribution in [0.15, 0.2) is 35.3 Å². The van der Waals surface area contributed by atoms with Crippen LogP contribution < -0.4 is 10.3 Å². The Balaban J connectivity index is 1.59. The van der Waals surface area contributed by atoms with Gasteiger partial charge in [-0.3, -0.25) is 4.79 Å². The standard InChI is InChI=1S/C25H33NO10/c1-12-4-5-13(2)34-22(12)18-19(28)16(10-26(32)24(18)31)14-6-8-15(9-7-14)35-25-21(30)20(29)23(33-3)17(11-27)36-25/h6-10,12-13,17,20-23,25,27-30,32H,4-5,11H2,1-3H3/t12?,13?,17?,20-,21?,22?,23+,25+/m1/s1. The molecule has 0 saturated carbocycles. The summed E-state index contributed by atoms with van der Waals surface area (Å²) < 4.78 is 22.8. The van der Waals surface area contributed by atoms with Crippen LogP contribution in [0.4, 0.5) is 0 Å². The number of benzene rings is 1. The lowest BCUT2D eigenvalue weighted by atomic mass is 9.88. The van der Waals surface area contributed by atoms with E-state index in [0.29, 0.717) is 10.3 Å². The van der Waals surface area contributed by atoms with Crippen molar-refractivity contribution in [2.45, 2.75) is 69.6 Å². The zero-order valence-electron chi connectivity index (χ0n) is 20.4. The normalized spacial score (nSPS) is 32.8. The van der Waals surface area contributed by atoms with Gasteiger partial charge in [-0.25, -0.2) is 0 Å². The number of aromatic hydroxyl groups is 1. The summed E-state index contributed by atoms with van der Waals surface area (Å²) in [6, 6.07) is 6.28. The Morgan fingerprint density at radius 2 is 1.78 bits per heavy atom. The predicted octanol–water partition coefficient (Wildman–Crippen LogP) is 1.17. The first-order valence-electron chi connectivity index (χ1n) is 11.9. The summed E-state index contributed by atoms with van der Waals surface area (Å²) >= 11 is 0. The van der Waals surface area contributed by atoms with Crippen LogP contribution in [0.5, 0.6) is 11.5 Å². The Hall–Kier alpha value is -2.67. The molecule has 5 unspecified atom stereocenters. The molecule has 198 valence electrons. The highest BCUT2D eigenvalue weighted by atomic mass is 16.7. The number of ether oxygens (including phenoxy) is 4. The number of aromatic nitrogens is 1. The number of aliphatic hydroxyl groups excluding tert-OH is 3. The van der Waals surface area contributed by atoms with Crippen molar-refractivity contribution in [3.8, 4) is 22.6 Å². The topological polar surface area (TPSA) is 160 Å². The largest absolute Gasteiger partial charge is 0.507 e. The lowest BCUT2D eigenvalue weighted by molar-refractivity contribution is -0.281. The van der Waals surface area contributed by atoms with Gasteiger partial charge in [-0.2, -0.15) is 4.73 Å². The molecule has 0 bridgehead atoms. The van der Waals surface area contributed by atoms with Gasteiger partial charge in [0.1, 0.15) is 35.9 Å². The quantitative estimate of drug-likeness (QED) is 0.359. The number of methoxy groups -OCH3 is 1. The molecule has 2 fully saturated rings. The highest BCUT2D eigenvalue weighted by Crippen LogP contribution is 2.41. The van der Waals surface area contributed by atoms with Crippen LogP contribution in [0.3, 0.4) is 0 Å². The number of nitrogens with zero attached hydrogens (tertiary/aromatic N) is 1. The molecule has 2 saturated heterocycles. The number of aliphatic hydroxyl groups is 3. The van der Waals surface area contributed by atoms with Gasteiger partial charge in [-0.15, -0.1) is 0 Å². The van der Waals surface area contributed by atoms with Crippen LogP contribution in [0, 0.1) is 5.92 Å². The first kappa shape index (κ1) is 26.4. The molecule has 4 rings (SSSR count). The van der Waals surface area contributed by atoms with Crippen molar-refractivity contribution in [1.82, 2.24) is 4.73 Å². The second kappa shape index (κ2) is 10.8. The third kappa shape index (κ3) is 4.95. The zero-order chi connectivity index (χ0) is 26.1. The van der Waals surface area contributed by atoms with E-state index in [4.69, 9.17) is 18.9 Å². The second-order valence-electron chi connectivity index (χ2n) is 9.43. The molecule has 11 heteroatoms. The van der Waals surface area contributed by atoms with Crippen molar-refractivity contribution >= 4 is 0 Å². The zero-order valence-corrected chi connectivity index (χ0v) is 20.4. The van der Waals surface area contributed by atoms with Crippen molar-refractivity contribution < 1.29 is 44.6 Å². The van der Waals surface area contributed by atoms with Gasteiger partial charge in [0.05, 0.1) is 30.6 Å². The molecule has 0 amide bonds. The van der Waals surface area contributed by atoms with Crippen LogP contribution in [0.2, 0.25) is 0 Å². The van der Waals surface area contributed by atoms with E-state index in [1.54, 1.807) is 24.3 Å². The third-order valence-corrected chi connectivity index (χ3v) is 6.92. The molecule has 0 aliphatic carbocycles. The van der Waals surface area contributed by atoms with E-state index in [0.717, 1.165) is 19.0 Å². The average molecular weight is 508 g/mol.